The Morgan fingerprint density at radius 1 is 0.939 bits per heavy atom. The molecule has 0 aliphatic carbocycles. The number of carbonyl (C=O) groups is 1. The van der Waals surface area contributed by atoms with Gasteiger partial charge in [0.15, 0.2) is 0 Å². The van der Waals surface area contributed by atoms with Crippen LogP contribution in [-0.2, 0) is 5.41 Å². The van der Waals surface area contributed by atoms with E-state index >= 15 is 0 Å². The molecule has 3 saturated heterocycles. The van der Waals surface area contributed by atoms with Gasteiger partial charge in [0, 0.05) is 55.9 Å². The predicted octanol–water partition coefficient (Wildman–Crippen LogP) is 3.86. The van der Waals surface area contributed by atoms with E-state index in [0.29, 0.717) is 6.04 Å². The summed E-state index contributed by atoms with van der Waals surface area (Å²) in [4.78, 5) is 21.0. The topological polar surface area (TPSA) is 44.6 Å². The summed E-state index contributed by atoms with van der Waals surface area (Å²) in [5, 5.41) is 4.87. The van der Waals surface area contributed by atoms with Crippen molar-refractivity contribution in [3.05, 3.63) is 47.3 Å². The average molecular weight is 450 g/mol. The first-order valence-electron chi connectivity index (χ1n) is 12.6. The standard InChI is InChI=1S/C27H39N5O/c1-19-6-8-20(9-7-19)32-18-24(25(28-32)27(2,3)4)26(33)31-14-12-30(13-15-31)23-16-21-10-11-22(17-23)29(21)5/h6-9,18,21-23H,10-17H2,1-5H3. The van der Waals surface area contributed by atoms with E-state index < -0.39 is 0 Å². The van der Waals surface area contributed by atoms with E-state index in [2.05, 4.69) is 68.8 Å². The Bertz CT molecular complexity index is 983. The number of aryl methyl sites for hydroxylation is 1. The molecule has 2 bridgehead atoms. The largest absolute Gasteiger partial charge is 0.336 e. The van der Waals surface area contributed by atoms with Gasteiger partial charge in [-0.2, -0.15) is 5.10 Å². The number of aromatic nitrogens is 2. The summed E-state index contributed by atoms with van der Waals surface area (Å²) in [5.74, 6) is 0.126. The van der Waals surface area contributed by atoms with Crippen LogP contribution < -0.4 is 0 Å². The first-order valence-corrected chi connectivity index (χ1v) is 12.6. The van der Waals surface area contributed by atoms with E-state index in [-0.39, 0.29) is 11.3 Å². The second-order valence-corrected chi connectivity index (χ2v) is 11.4. The second kappa shape index (κ2) is 8.55. The molecule has 0 spiro atoms. The number of hydrogen-bond acceptors (Lipinski definition) is 4. The lowest BCUT2D eigenvalue weighted by Crippen LogP contribution is -2.56. The molecule has 6 nitrogen and oxygen atoms in total. The minimum absolute atomic E-state index is 0.126. The summed E-state index contributed by atoms with van der Waals surface area (Å²) in [5.41, 5.74) is 3.63. The van der Waals surface area contributed by atoms with Gasteiger partial charge in [-0.1, -0.05) is 38.5 Å². The molecule has 3 aliphatic heterocycles. The van der Waals surface area contributed by atoms with Crippen molar-refractivity contribution in [1.29, 1.82) is 0 Å². The zero-order chi connectivity index (χ0) is 23.3. The predicted molar refractivity (Wildman–Crippen MR) is 132 cm³/mol. The molecule has 2 aromatic rings. The summed E-state index contributed by atoms with van der Waals surface area (Å²) in [6.07, 6.45) is 7.23. The fourth-order valence-electron chi connectivity index (χ4n) is 6.06. The highest BCUT2D eigenvalue weighted by Crippen LogP contribution is 2.36. The molecule has 1 aromatic heterocycles. The normalized spacial score (nSPS) is 26.7. The van der Waals surface area contributed by atoms with Crippen LogP contribution in [0.25, 0.3) is 5.69 Å². The van der Waals surface area contributed by atoms with Gasteiger partial charge < -0.3 is 9.80 Å². The molecule has 0 radical (unpaired) electrons. The quantitative estimate of drug-likeness (QED) is 0.714. The third-order valence-corrected chi connectivity index (χ3v) is 8.14. The fraction of sp³-hybridized carbons (Fsp3) is 0.630. The van der Waals surface area contributed by atoms with Crippen molar-refractivity contribution in [2.75, 3.05) is 33.2 Å². The van der Waals surface area contributed by atoms with E-state index in [9.17, 15) is 4.79 Å². The van der Waals surface area contributed by atoms with Gasteiger partial charge >= 0.3 is 0 Å². The van der Waals surface area contributed by atoms with Crippen LogP contribution in [0, 0.1) is 6.92 Å². The molecule has 5 rings (SSSR count). The van der Waals surface area contributed by atoms with Crippen molar-refractivity contribution in [3.63, 3.8) is 0 Å². The third kappa shape index (κ3) is 4.35. The van der Waals surface area contributed by atoms with Crippen LogP contribution in [0.1, 0.15) is 68.1 Å². The van der Waals surface area contributed by atoms with E-state index in [1.165, 1.54) is 31.2 Å². The lowest BCUT2D eigenvalue weighted by molar-refractivity contribution is 0.0342. The molecule has 1 aromatic carbocycles. The maximum absolute atomic E-state index is 13.7. The van der Waals surface area contributed by atoms with Crippen molar-refractivity contribution < 1.29 is 4.79 Å². The number of carbonyl (C=O) groups excluding carboxylic acids is 1. The Labute approximate surface area is 198 Å². The molecule has 0 saturated carbocycles. The van der Waals surface area contributed by atoms with Gasteiger partial charge in [-0.3, -0.25) is 9.69 Å². The molecule has 1 amide bonds. The Kier molecular flexibility index (Phi) is 5.86. The molecular formula is C27H39N5O. The second-order valence-electron chi connectivity index (χ2n) is 11.4. The lowest BCUT2D eigenvalue weighted by Gasteiger charge is -2.45. The number of piperazine rings is 1. The Balaban J connectivity index is 1.30. The average Bonchev–Trinajstić information content (AvgIpc) is 3.31. The SMILES string of the molecule is Cc1ccc(-n2cc(C(=O)N3CCN(C4CC5CCC(C4)N5C)CC3)c(C(C)(C)C)n2)cc1. The molecule has 2 unspecified atom stereocenters. The van der Waals surface area contributed by atoms with Gasteiger partial charge in [-0.15, -0.1) is 0 Å². The van der Waals surface area contributed by atoms with Crippen LogP contribution in [0.5, 0.6) is 0 Å². The van der Waals surface area contributed by atoms with E-state index in [0.717, 1.165) is 55.2 Å². The van der Waals surface area contributed by atoms with Crippen LogP contribution in [0.3, 0.4) is 0 Å². The van der Waals surface area contributed by atoms with Gasteiger partial charge in [0.1, 0.15) is 0 Å². The minimum Gasteiger partial charge on any atom is -0.336 e. The first-order chi connectivity index (χ1) is 15.7. The third-order valence-electron chi connectivity index (χ3n) is 8.14. The Morgan fingerprint density at radius 3 is 2.12 bits per heavy atom. The highest BCUT2D eigenvalue weighted by atomic mass is 16.2. The number of rotatable bonds is 3. The smallest absolute Gasteiger partial charge is 0.257 e. The number of amides is 1. The molecule has 178 valence electrons. The van der Waals surface area contributed by atoms with Gasteiger partial charge in [0.2, 0.25) is 0 Å². The van der Waals surface area contributed by atoms with E-state index in [1.54, 1.807) is 0 Å². The molecule has 2 atom stereocenters. The van der Waals surface area contributed by atoms with Crippen molar-refractivity contribution >= 4 is 5.91 Å². The monoisotopic (exact) mass is 449 g/mol. The van der Waals surface area contributed by atoms with Crippen molar-refractivity contribution in [2.24, 2.45) is 0 Å². The van der Waals surface area contributed by atoms with Crippen LogP contribution in [0.4, 0.5) is 0 Å². The molecule has 4 heterocycles. The zero-order valence-electron chi connectivity index (χ0n) is 20.9. The first kappa shape index (κ1) is 22.6. The summed E-state index contributed by atoms with van der Waals surface area (Å²) in [6.45, 7) is 12.1. The number of piperidine rings is 1. The van der Waals surface area contributed by atoms with Crippen molar-refractivity contribution in [2.45, 2.75) is 76.9 Å². The van der Waals surface area contributed by atoms with E-state index in [1.807, 2.05) is 15.8 Å². The van der Waals surface area contributed by atoms with Crippen LogP contribution >= 0.6 is 0 Å². The number of hydrogen-bond donors (Lipinski definition) is 0. The van der Waals surface area contributed by atoms with Gasteiger partial charge in [0.05, 0.1) is 16.9 Å². The van der Waals surface area contributed by atoms with E-state index in [4.69, 9.17) is 5.10 Å². The van der Waals surface area contributed by atoms with Gasteiger partial charge in [0.25, 0.3) is 5.91 Å². The maximum atomic E-state index is 13.7. The van der Waals surface area contributed by atoms with Crippen LogP contribution in [0.2, 0.25) is 0 Å². The van der Waals surface area contributed by atoms with Crippen LogP contribution in [-0.4, -0.2) is 81.7 Å². The van der Waals surface area contributed by atoms with Crippen molar-refractivity contribution in [1.82, 2.24) is 24.5 Å². The number of benzene rings is 1. The summed E-state index contributed by atoms with van der Waals surface area (Å²) < 4.78 is 1.87. The number of nitrogens with zero attached hydrogens (tertiary/aromatic N) is 5. The summed E-state index contributed by atoms with van der Waals surface area (Å²) in [6, 6.07) is 10.5. The van der Waals surface area contributed by atoms with Gasteiger partial charge in [-0.25, -0.2) is 4.68 Å². The molecule has 3 fully saturated rings. The maximum Gasteiger partial charge on any atom is 0.257 e. The Hall–Kier alpha value is -2.18. The Morgan fingerprint density at radius 2 is 1.55 bits per heavy atom. The highest BCUT2D eigenvalue weighted by Gasteiger charge is 2.41. The van der Waals surface area contributed by atoms with Crippen molar-refractivity contribution in [3.8, 4) is 5.69 Å². The summed E-state index contributed by atoms with van der Waals surface area (Å²) >= 11 is 0. The van der Waals surface area contributed by atoms with Crippen LogP contribution in [0.15, 0.2) is 30.5 Å². The molecule has 33 heavy (non-hydrogen) atoms. The summed E-state index contributed by atoms with van der Waals surface area (Å²) in [7, 11) is 2.30. The lowest BCUT2D eigenvalue weighted by atomic mass is 9.89. The fourth-order valence-corrected chi connectivity index (χ4v) is 6.06. The molecule has 3 aliphatic rings. The number of fused-ring (bicyclic) bond motifs is 2. The zero-order valence-corrected chi connectivity index (χ0v) is 20.9. The van der Waals surface area contributed by atoms with Gasteiger partial charge in [-0.05, 0) is 51.8 Å². The highest BCUT2D eigenvalue weighted by molar-refractivity contribution is 5.95. The molecular weight excluding hydrogens is 410 g/mol. The minimum atomic E-state index is -0.198. The molecule has 0 N–H and O–H groups in total. The molecule has 6 heteroatoms.